The molecule has 2 heterocycles. The van der Waals surface area contributed by atoms with Gasteiger partial charge in [0, 0.05) is 16.0 Å². The van der Waals surface area contributed by atoms with Crippen molar-refractivity contribution in [1.29, 1.82) is 0 Å². The average Bonchev–Trinajstić information content (AvgIpc) is 2.64. The fourth-order valence-corrected chi connectivity index (χ4v) is 3.76. The third-order valence-electron chi connectivity index (χ3n) is 3.73. The first-order chi connectivity index (χ1) is 8.64. The van der Waals surface area contributed by atoms with Gasteiger partial charge in [0.05, 0.1) is 5.52 Å². The molecule has 0 saturated carbocycles. The zero-order valence-corrected chi connectivity index (χ0v) is 11.3. The Morgan fingerprint density at radius 1 is 1.50 bits per heavy atom. The minimum Gasteiger partial charge on any atom is -0.407 e. The highest BCUT2D eigenvalue weighted by molar-refractivity contribution is 7.99. The highest BCUT2D eigenvalue weighted by Crippen LogP contribution is 2.41. The van der Waals surface area contributed by atoms with Gasteiger partial charge in [0.2, 0.25) is 0 Å². The SMILES string of the molecule is CNC1(C)CCCSc2ccc3[nH]c(=O)oc3c21. The van der Waals surface area contributed by atoms with E-state index >= 15 is 0 Å². The summed E-state index contributed by atoms with van der Waals surface area (Å²) in [6.07, 6.45) is 2.18. The molecule has 2 N–H and O–H groups in total. The quantitative estimate of drug-likeness (QED) is 0.830. The highest BCUT2D eigenvalue weighted by atomic mass is 32.2. The van der Waals surface area contributed by atoms with Crippen LogP contribution in [0.5, 0.6) is 0 Å². The predicted octanol–water partition coefficient (Wildman–Crippen LogP) is 2.44. The number of fused-ring (bicyclic) bond motifs is 3. The van der Waals surface area contributed by atoms with Crippen LogP contribution in [0, 0.1) is 0 Å². The van der Waals surface area contributed by atoms with Crippen molar-refractivity contribution in [2.24, 2.45) is 0 Å². The Kier molecular flexibility index (Phi) is 2.75. The molecule has 1 aliphatic rings. The molecule has 2 aromatic rings. The summed E-state index contributed by atoms with van der Waals surface area (Å²) in [7, 11) is 1.96. The van der Waals surface area contributed by atoms with Gasteiger partial charge in [0.25, 0.3) is 0 Å². The lowest BCUT2D eigenvalue weighted by Crippen LogP contribution is -2.36. The number of thioether (sulfide) groups is 1. The summed E-state index contributed by atoms with van der Waals surface area (Å²) in [6.45, 7) is 2.17. The molecular formula is C13H16N2O2S. The van der Waals surface area contributed by atoms with Crippen LogP contribution in [0.3, 0.4) is 0 Å². The van der Waals surface area contributed by atoms with Gasteiger partial charge in [-0.2, -0.15) is 0 Å². The van der Waals surface area contributed by atoms with Crippen LogP contribution in [0.4, 0.5) is 0 Å². The summed E-state index contributed by atoms with van der Waals surface area (Å²) >= 11 is 1.84. The molecule has 1 atom stereocenters. The number of hydrogen-bond donors (Lipinski definition) is 2. The smallest absolute Gasteiger partial charge is 0.407 e. The first-order valence-electron chi connectivity index (χ1n) is 6.12. The molecule has 1 unspecified atom stereocenters. The Morgan fingerprint density at radius 2 is 2.33 bits per heavy atom. The van der Waals surface area contributed by atoms with E-state index in [2.05, 4.69) is 23.3 Å². The molecule has 0 amide bonds. The molecule has 1 aromatic carbocycles. The Morgan fingerprint density at radius 3 is 3.11 bits per heavy atom. The topological polar surface area (TPSA) is 58.0 Å². The average molecular weight is 264 g/mol. The monoisotopic (exact) mass is 264 g/mol. The van der Waals surface area contributed by atoms with E-state index in [0.717, 1.165) is 29.7 Å². The molecule has 0 spiro atoms. The van der Waals surface area contributed by atoms with Gasteiger partial charge in [-0.25, -0.2) is 4.79 Å². The maximum atomic E-state index is 11.4. The molecule has 3 rings (SSSR count). The molecule has 0 saturated heterocycles. The number of aromatic amines is 1. The second-order valence-electron chi connectivity index (χ2n) is 4.86. The molecule has 18 heavy (non-hydrogen) atoms. The van der Waals surface area contributed by atoms with Crippen LogP contribution >= 0.6 is 11.8 Å². The Balaban J connectivity index is 2.36. The summed E-state index contributed by atoms with van der Waals surface area (Å²) in [5.41, 5.74) is 2.45. The first-order valence-corrected chi connectivity index (χ1v) is 7.11. The van der Waals surface area contributed by atoms with Crippen LogP contribution in [0.2, 0.25) is 0 Å². The third kappa shape index (κ3) is 1.69. The zero-order chi connectivity index (χ0) is 12.8. The lowest BCUT2D eigenvalue weighted by Gasteiger charge is -2.29. The van der Waals surface area contributed by atoms with E-state index < -0.39 is 0 Å². The zero-order valence-electron chi connectivity index (χ0n) is 10.5. The third-order valence-corrected chi connectivity index (χ3v) is 4.88. The highest BCUT2D eigenvalue weighted by Gasteiger charge is 2.32. The number of aromatic nitrogens is 1. The molecule has 1 aliphatic heterocycles. The van der Waals surface area contributed by atoms with Crippen LogP contribution in [0.1, 0.15) is 25.3 Å². The largest absolute Gasteiger partial charge is 0.417 e. The van der Waals surface area contributed by atoms with Gasteiger partial charge >= 0.3 is 5.76 Å². The van der Waals surface area contributed by atoms with Crippen LogP contribution in [0.15, 0.2) is 26.2 Å². The van der Waals surface area contributed by atoms with Gasteiger partial charge in [-0.1, -0.05) is 0 Å². The molecular weight excluding hydrogens is 248 g/mol. The van der Waals surface area contributed by atoms with E-state index in [1.54, 1.807) is 0 Å². The van der Waals surface area contributed by atoms with E-state index in [1.807, 2.05) is 24.9 Å². The number of rotatable bonds is 1. The summed E-state index contributed by atoms with van der Waals surface area (Å²) < 4.78 is 5.35. The predicted molar refractivity (Wildman–Crippen MR) is 73.2 cm³/mol. The minimum absolute atomic E-state index is 0.142. The normalized spacial score (nSPS) is 23.9. The molecule has 0 radical (unpaired) electrons. The summed E-state index contributed by atoms with van der Waals surface area (Å²) in [6, 6.07) is 4.00. The van der Waals surface area contributed by atoms with E-state index in [0.29, 0.717) is 5.58 Å². The number of benzene rings is 1. The van der Waals surface area contributed by atoms with Crippen molar-refractivity contribution in [2.45, 2.75) is 30.2 Å². The van der Waals surface area contributed by atoms with E-state index in [4.69, 9.17) is 4.42 Å². The van der Waals surface area contributed by atoms with Gasteiger partial charge in [0.1, 0.15) is 0 Å². The number of nitrogens with one attached hydrogen (secondary N) is 2. The van der Waals surface area contributed by atoms with E-state index in [9.17, 15) is 4.79 Å². The van der Waals surface area contributed by atoms with Crippen LogP contribution in [-0.2, 0) is 5.54 Å². The van der Waals surface area contributed by atoms with E-state index in [-0.39, 0.29) is 11.3 Å². The Labute approximate surface area is 109 Å². The number of hydrogen-bond acceptors (Lipinski definition) is 4. The molecule has 96 valence electrons. The van der Waals surface area contributed by atoms with Gasteiger partial charge in [-0.3, -0.25) is 4.98 Å². The van der Waals surface area contributed by atoms with Crippen molar-refractivity contribution in [1.82, 2.24) is 10.3 Å². The van der Waals surface area contributed by atoms with E-state index in [1.165, 1.54) is 4.90 Å². The fraction of sp³-hybridized carbons (Fsp3) is 0.462. The molecule has 5 heteroatoms. The van der Waals surface area contributed by atoms with Crippen LogP contribution < -0.4 is 11.1 Å². The van der Waals surface area contributed by atoms with Crippen molar-refractivity contribution in [3.63, 3.8) is 0 Å². The Bertz CT molecular complexity index is 646. The second-order valence-corrected chi connectivity index (χ2v) is 6.00. The fourth-order valence-electron chi connectivity index (χ4n) is 2.62. The second kappa shape index (κ2) is 4.17. The maximum Gasteiger partial charge on any atom is 0.417 e. The Hall–Kier alpha value is -1.20. The molecule has 4 nitrogen and oxygen atoms in total. The van der Waals surface area contributed by atoms with Crippen molar-refractivity contribution >= 4 is 22.9 Å². The molecule has 0 fully saturated rings. The summed E-state index contributed by atoms with van der Waals surface area (Å²) in [5, 5.41) is 3.39. The van der Waals surface area contributed by atoms with Crippen molar-refractivity contribution < 1.29 is 4.42 Å². The maximum absolute atomic E-state index is 11.4. The van der Waals surface area contributed by atoms with Gasteiger partial charge in [-0.15, -0.1) is 11.8 Å². The number of H-pyrrole nitrogens is 1. The first kappa shape index (κ1) is 11.9. The van der Waals surface area contributed by atoms with Gasteiger partial charge in [-0.05, 0) is 44.7 Å². The summed E-state index contributed by atoms with van der Waals surface area (Å²) in [4.78, 5) is 15.4. The standard InChI is InChI=1S/C13H16N2O2S/c1-13(14-2)6-3-7-18-9-5-4-8-11(10(9)13)17-12(16)15-8/h4-5,14H,3,6-7H2,1-2H3,(H,15,16). The van der Waals surface area contributed by atoms with Gasteiger partial charge < -0.3 is 9.73 Å². The van der Waals surface area contributed by atoms with Gasteiger partial charge in [0.15, 0.2) is 5.58 Å². The molecule has 0 aliphatic carbocycles. The van der Waals surface area contributed by atoms with Crippen LogP contribution in [-0.4, -0.2) is 17.8 Å². The lowest BCUT2D eigenvalue weighted by molar-refractivity contribution is 0.361. The molecule has 1 aromatic heterocycles. The number of oxazole rings is 1. The van der Waals surface area contributed by atoms with Crippen molar-refractivity contribution in [3.05, 3.63) is 28.2 Å². The minimum atomic E-state index is -0.383. The van der Waals surface area contributed by atoms with Crippen molar-refractivity contribution in [2.75, 3.05) is 12.8 Å². The molecule has 0 bridgehead atoms. The van der Waals surface area contributed by atoms with Crippen LogP contribution in [0.25, 0.3) is 11.1 Å². The van der Waals surface area contributed by atoms with Crippen molar-refractivity contribution in [3.8, 4) is 0 Å². The summed E-state index contributed by atoms with van der Waals surface area (Å²) in [5.74, 6) is 0.718. The lowest BCUT2D eigenvalue weighted by atomic mass is 9.87.